The monoisotopic (exact) mass is 471 g/mol. The fraction of sp³-hybridized carbons (Fsp3) is 0.227. The van der Waals surface area contributed by atoms with E-state index in [1.54, 1.807) is 7.05 Å². The van der Waals surface area contributed by atoms with Gasteiger partial charge in [0.1, 0.15) is 0 Å². The van der Waals surface area contributed by atoms with Gasteiger partial charge in [0.15, 0.2) is 5.69 Å². The summed E-state index contributed by atoms with van der Waals surface area (Å²) < 4.78 is 12.2. The molecule has 156 valence electrons. The van der Waals surface area contributed by atoms with Crippen molar-refractivity contribution in [2.45, 2.75) is 6.04 Å². The van der Waals surface area contributed by atoms with Gasteiger partial charge in [-0.1, -0.05) is 58.4 Å². The summed E-state index contributed by atoms with van der Waals surface area (Å²) in [4.78, 5) is 31.4. The number of aromatic nitrogens is 2. The molecule has 0 N–H and O–H groups in total. The van der Waals surface area contributed by atoms with Crippen LogP contribution in [0.25, 0.3) is 0 Å². The van der Waals surface area contributed by atoms with Gasteiger partial charge >= 0.3 is 5.97 Å². The maximum absolute atomic E-state index is 12.9. The lowest BCUT2D eigenvalue weighted by Crippen LogP contribution is -2.34. The van der Waals surface area contributed by atoms with Crippen molar-refractivity contribution in [2.24, 2.45) is 7.05 Å². The van der Waals surface area contributed by atoms with Gasteiger partial charge in [-0.15, -0.1) is 0 Å². The Morgan fingerprint density at radius 2 is 1.77 bits per heavy atom. The molecule has 0 spiro atoms. The van der Waals surface area contributed by atoms with Gasteiger partial charge in [0.2, 0.25) is 11.7 Å². The first-order valence-electron chi connectivity index (χ1n) is 9.15. The fourth-order valence-electron chi connectivity index (χ4n) is 3.37. The summed E-state index contributed by atoms with van der Waals surface area (Å²) in [6.45, 7) is 0. The molecule has 30 heavy (non-hydrogen) atoms. The van der Waals surface area contributed by atoms with E-state index in [-0.39, 0.29) is 17.5 Å². The highest BCUT2D eigenvalue weighted by atomic mass is 79.9. The van der Waals surface area contributed by atoms with Crippen LogP contribution in [0.2, 0.25) is 0 Å². The van der Waals surface area contributed by atoms with Gasteiger partial charge in [-0.05, 0) is 23.3 Å². The zero-order chi connectivity index (χ0) is 21.8. The van der Waals surface area contributed by atoms with E-state index < -0.39 is 11.5 Å². The van der Waals surface area contributed by atoms with Crippen molar-refractivity contribution >= 4 is 27.8 Å². The van der Waals surface area contributed by atoms with Crippen LogP contribution < -0.4 is 15.2 Å². The maximum Gasteiger partial charge on any atom is 0.360 e. The lowest BCUT2D eigenvalue weighted by atomic mass is 9.97. The first-order valence-corrected chi connectivity index (χ1v) is 9.95. The van der Waals surface area contributed by atoms with Crippen LogP contribution in [0, 0.1) is 0 Å². The number of methoxy groups -OCH3 is 2. The first-order chi connectivity index (χ1) is 14.4. The highest BCUT2D eigenvalue weighted by Gasteiger charge is 2.27. The Kier molecular flexibility index (Phi) is 6.56. The van der Waals surface area contributed by atoms with Gasteiger partial charge in [-0.2, -0.15) is 0 Å². The van der Waals surface area contributed by atoms with Crippen molar-refractivity contribution in [3.05, 3.63) is 86.2 Å². The Labute approximate surface area is 183 Å². The number of esters is 1. The molecule has 1 heterocycles. The number of halogens is 1. The van der Waals surface area contributed by atoms with E-state index in [4.69, 9.17) is 9.47 Å². The third-order valence-corrected chi connectivity index (χ3v) is 5.28. The summed E-state index contributed by atoms with van der Waals surface area (Å²) in [6.07, 6.45) is 0. The molecule has 0 aliphatic carbocycles. The molecular weight excluding hydrogens is 450 g/mol. The molecule has 0 aliphatic rings. The van der Waals surface area contributed by atoms with Gasteiger partial charge in [-0.3, -0.25) is 9.36 Å². The molecule has 0 amide bonds. The summed E-state index contributed by atoms with van der Waals surface area (Å²) in [7, 11) is 5.97. The van der Waals surface area contributed by atoms with Crippen molar-refractivity contribution in [1.29, 1.82) is 0 Å². The van der Waals surface area contributed by atoms with Crippen LogP contribution in [-0.2, 0) is 11.8 Å². The van der Waals surface area contributed by atoms with Crippen molar-refractivity contribution in [2.75, 3.05) is 26.2 Å². The third kappa shape index (κ3) is 4.09. The quantitative estimate of drug-likeness (QED) is 0.511. The molecule has 1 aromatic heterocycles. The molecule has 1 unspecified atom stereocenters. The van der Waals surface area contributed by atoms with Gasteiger partial charge < -0.3 is 14.4 Å². The number of nitrogens with zero attached hydrogens (tertiary/aromatic N) is 3. The Hall–Kier alpha value is -3.13. The van der Waals surface area contributed by atoms with Crippen molar-refractivity contribution in [1.82, 2.24) is 9.55 Å². The van der Waals surface area contributed by atoms with Gasteiger partial charge in [-0.25, -0.2) is 9.78 Å². The highest BCUT2D eigenvalue weighted by Crippen LogP contribution is 2.32. The van der Waals surface area contributed by atoms with Crippen molar-refractivity contribution < 1.29 is 14.3 Å². The van der Waals surface area contributed by atoms with E-state index >= 15 is 0 Å². The lowest BCUT2D eigenvalue weighted by Gasteiger charge is -2.31. The van der Waals surface area contributed by atoms with Gasteiger partial charge in [0, 0.05) is 18.6 Å². The molecule has 0 aliphatic heterocycles. The predicted octanol–water partition coefficient (Wildman–Crippen LogP) is 3.56. The molecule has 3 aromatic rings. The largest absolute Gasteiger partial charge is 0.489 e. The summed E-state index contributed by atoms with van der Waals surface area (Å²) in [6, 6.07) is 17.5. The minimum atomic E-state index is -0.738. The maximum atomic E-state index is 12.9. The molecular formula is C22H22BrN3O4. The van der Waals surface area contributed by atoms with Gasteiger partial charge in [0.05, 0.1) is 20.3 Å². The van der Waals surface area contributed by atoms with E-state index in [0.717, 1.165) is 15.6 Å². The van der Waals surface area contributed by atoms with Crippen LogP contribution in [0.4, 0.5) is 5.95 Å². The van der Waals surface area contributed by atoms with E-state index in [2.05, 4.69) is 20.9 Å². The molecule has 2 aromatic carbocycles. The summed E-state index contributed by atoms with van der Waals surface area (Å²) >= 11 is 3.53. The number of ether oxygens (including phenoxy) is 2. The second-order valence-electron chi connectivity index (χ2n) is 6.63. The molecule has 3 rings (SSSR count). The number of hydrogen-bond donors (Lipinski definition) is 0. The number of benzene rings is 2. The summed E-state index contributed by atoms with van der Waals surface area (Å²) in [5.74, 6) is -0.590. The highest BCUT2D eigenvalue weighted by molar-refractivity contribution is 9.10. The van der Waals surface area contributed by atoms with E-state index in [9.17, 15) is 9.59 Å². The summed E-state index contributed by atoms with van der Waals surface area (Å²) in [5, 5.41) is 0. The number of carbonyl (C=O) groups excluding carboxylic acids is 1. The third-order valence-electron chi connectivity index (χ3n) is 4.79. The number of anilines is 1. The average molecular weight is 472 g/mol. The fourth-order valence-corrected chi connectivity index (χ4v) is 3.79. The van der Waals surface area contributed by atoms with Crippen LogP contribution in [0.15, 0.2) is 63.9 Å². The standard InChI is InChI=1S/C22H22BrN3O4/c1-25(22-24-17(21(28)30-4)19(29-3)20(27)26(22)2)18(14-9-6-5-7-10-14)15-11-8-12-16(23)13-15/h5-13,18H,1-4H3. The van der Waals surface area contributed by atoms with Crippen LogP contribution in [-0.4, -0.2) is 36.8 Å². The second-order valence-corrected chi connectivity index (χ2v) is 7.54. The number of hydrogen-bond acceptors (Lipinski definition) is 6. The number of carbonyl (C=O) groups is 1. The van der Waals surface area contributed by atoms with E-state index in [1.807, 2.05) is 66.5 Å². The molecule has 8 heteroatoms. The Bertz CT molecular complexity index is 1120. The molecule has 0 saturated heterocycles. The van der Waals surface area contributed by atoms with Crippen LogP contribution in [0.5, 0.6) is 5.75 Å². The molecule has 1 atom stereocenters. The van der Waals surface area contributed by atoms with E-state index in [0.29, 0.717) is 5.95 Å². The van der Waals surface area contributed by atoms with E-state index in [1.165, 1.54) is 18.8 Å². The number of rotatable bonds is 6. The minimum Gasteiger partial charge on any atom is -0.489 e. The normalized spacial score (nSPS) is 11.6. The van der Waals surface area contributed by atoms with Crippen molar-refractivity contribution in [3.63, 3.8) is 0 Å². The Morgan fingerprint density at radius 3 is 2.37 bits per heavy atom. The molecule has 0 radical (unpaired) electrons. The Balaban J connectivity index is 2.23. The predicted molar refractivity (Wildman–Crippen MR) is 118 cm³/mol. The lowest BCUT2D eigenvalue weighted by molar-refractivity contribution is 0.0589. The minimum absolute atomic E-state index is 0.153. The van der Waals surface area contributed by atoms with Crippen LogP contribution in [0.1, 0.15) is 27.7 Å². The SMILES string of the molecule is COC(=O)c1nc(N(C)C(c2ccccc2)c2cccc(Br)c2)n(C)c(=O)c1OC. The molecule has 0 bridgehead atoms. The summed E-state index contributed by atoms with van der Waals surface area (Å²) in [5.41, 5.74) is 1.35. The zero-order valence-corrected chi connectivity index (χ0v) is 18.7. The van der Waals surface area contributed by atoms with Crippen molar-refractivity contribution in [3.8, 4) is 5.75 Å². The van der Waals surface area contributed by atoms with Crippen LogP contribution >= 0.6 is 15.9 Å². The topological polar surface area (TPSA) is 73.7 Å². The van der Waals surface area contributed by atoms with Gasteiger partial charge in [0.25, 0.3) is 5.56 Å². The zero-order valence-electron chi connectivity index (χ0n) is 17.1. The molecule has 0 saturated carbocycles. The van der Waals surface area contributed by atoms with Crippen LogP contribution in [0.3, 0.4) is 0 Å². The average Bonchev–Trinajstić information content (AvgIpc) is 2.75. The Morgan fingerprint density at radius 1 is 1.10 bits per heavy atom. The molecule has 0 fully saturated rings. The second kappa shape index (κ2) is 9.13. The first kappa shape index (κ1) is 21.6. The molecule has 7 nitrogen and oxygen atoms in total. The smallest absolute Gasteiger partial charge is 0.360 e.